The van der Waals surface area contributed by atoms with Gasteiger partial charge in [0, 0.05) is 13.1 Å². The number of para-hydroxylation sites is 2. The van der Waals surface area contributed by atoms with Crippen molar-refractivity contribution in [1.29, 1.82) is 0 Å². The topological polar surface area (TPSA) is 65.1 Å². The summed E-state index contributed by atoms with van der Waals surface area (Å²) in [6, 6.07) is 15.1. The molecule has 1 unspecified atom stereocenters. The Morgan fingerprint density at radius 3 is 2.25 bits per heavy atom. The molecular formula is C22H27NO5. The summed E-state index contributed by atoms with van der Waals surface area (Å²) in [5, 5.41) is 0. The molecule has 0 spiro atoms. The summed E-state index contributed by atoms with van der Waals surface area (Å²) in [4.78, 5) is 26.3. The van der Waals surface area contributed by atoms with Crippen molar-refractivity contribution in [3.63, 3.8) is 0 Å². The minimum Gasteiger partial charge on any atom is -0.493 e. The van der Waals surface area contributed by atoms with Crippen LogP contribution in [0.25, 0.3) is 0 Å². The third kappa shape index (κ3) is 6.01. The number of nitrogens with zero attached hydrogens (tertiary/aromatic N) is 1. The van der Waals surface area contributed by atoms with Gasteiger partial charge in [0.1, 0.15) is 0 Å². The number of rotatable bonds is 9. The smallest absolute Gasteiger partial charge is 0.310 e. The Balaban J connectivity index is 2.10. The number of carbonyl (C=O) groups is 2. The second-order valence-electron chi connectivity index (χ2n) is 6.62. The molecule has 0 aromatic heterocycles. The molecule has 0 N–H and O–H groups in total. The molecular weight excluding hydrogens is 358 g/mol. The monoisotopic (exact) mass is 385 g/mol. The fraction of sp³-hybridized carbons (Fsp3) is 0.364. The van der Waals surface area contributed by atoms with E-state index in [1.807, 2.05) is 43.3 Å². The van der Waals surface area contributed by atoms with Gasteiger partial charge in [0.15, 0.2) is 18.1 Å². The van der Waals surface area contributed by atoms with Crippen molar-refractivity contribution in [1.82, 2.24) is 4.90 Å². The minimum atomic E-state index is -0.439. The molecule has 0 radical (unpaired) electrons. The van der Waals surface area contributed by atoms with E-state index in [0.717, 1.165) is 11.1 Å². The van der Waals surface area contributed by atoms with E-state index in [1.54, 1.807) is 31.1 Å². The predicted octanol–water partition coefficient (Wildman–Crippen LogP) is 3.22. The van der Waals surface area contributed by atoms with E-state index in [0.29, 0.717) is 18.0 Å². The number of hydrogen-bond acceptors (Lipinski definition) is 5. The number of carbonyl (C=O) groups excluding carboxylic acids is 2. The standard InChI is InChI=1S/C22H27NO5/c1-16-9-11-18(12-10-16)14-23(13-17(2)22(25)27-4)21(24)15-28-20-8-6-5-7-19(20)26-3/h5-12,17H,13-15H2,1-4H3. The van der Waals surface area contributed by atoms with Crippen LogP contribution in [0, 0.1) is 12.8 Å². The molecule has 0 saturated heterocycles. The molecule has 2 aromatic carbocycles. The van der Waals surface area contributed by atoms with Crippen molar-refractivity contribution in [2.45, 2.75) is 20.4 Å². The SMILES string of the molecule is COC(=O)C(C)CN(Cc1ccc(C)cc1)C(=O)COc1ccccc1OC. The number of esters is 1. The summed E-state index contributed by atoms with van der Waals surface area (Å²) in [6.45, 7) is 4.22. The molecule has 0 aliphatic carbocycles. The molecule has 1 atom stereocenters. The Morgan fingerprint density at radius 2 is 1.64 bits per heavy atom. The van der Waals surface area contributed by atoms with Crippen LogP contribution in [0.2, 0.25) is 0 Å². The van der Waals surface area contributed by atoms with E-state index < -0.39 is 5.92 Å². The van der Waals surface area contributed by atoms with Gasteiger partial charge in [0.05, 0.1) is 20.1 Å². The first-order valence-electron chi connectivity index (χ1n) is 9.11. The lowest BCUT2D eigenvalue weighted by Gasteiger charge is -2.25. The predicted molar refractivity (Wildman–Crippen MR) is 106 cm³/mol. The maximum atomic E-state index is 12.8. The van der Waals surface area contributed by atoms with E-state index in [2.05, 4.69) is 0 Å². The second-order valence-corrected chi connectivity index (χ2v) is 6.62. The quantitative estimate of drug-likeness (QED) is 0.620. The van der Waals surface area contributed by atoms with Crippen molar-refractivity contribution < 1.29 is 23.8 Å². The van der Waals surface area contributed by atoms with Crippen molar-refractivity contribution in [3.05, 3.63) is 59.7 Å². The number of ether oxygens (including phenoxy) is 3. The molecule has 6 nitrogen and oxygen atoms in total. The molecule has 2 rings (SSSR count). The Hall–Kier alpha value is -3.02. The van der Waals surface area contributed by atoms with Gasteiger partial charge in [-0.2, -0.15) is 0 Å². The van der Waals surface area contributed by atoms with Gasteiger partial charge in [-0.1, -0.05) is 48.9 Å². The fourth-order valence-corrected chi connectivity index (χ4v) is 2.74. The number of benzene rings is 2. The van der Waals surface area contributed by atoms with E-state index in [-0.39, 0.29) is 25.0 Å². The van der Waals surface area contributed by atoms with Gasteiger partial charge in [0.25, 0.3) is 5.91 Å². The molecule has 6 heteroatoms. The third-order valence-electron chi connectivity index (χ3n) is 4.36. The van der Waals surface area contributed by atoms with Crippen LogP contribution in [-0.4, -0.2) is 44.1 Å². The summed E-state index contributed by atoms with van der Waals surface area (Å²) >= 11 is 0. The molecule has 1 amide bonds. The van der Waals surface area contributed by atoms with Gasteiger partial charge in [-0.3, -0.25) is 9.59 Å². The first-order valence-corrected chi connectivity index (χ1v) is 9.11. The maximum Gasteiger partial charge on any atom is 0.310 e. The van der Waals surface area contributed by atoms with Crippen LogP contribution in [0.4, 0.5) is 0 Å². The van der Waals surface area contributed by atoms with Crippen molar-refractivity contribution in [3.8, 4) is 11.5 Å². The molecule has 2 aromatic rings. The number of hydrogen-bond donors (Lipinski definition) is 0. The van der Waals surface area contributed by atoms with Crippen LogP contribution in [0.15, 0.2) is 48.5 Å². The van der Waals surface area contributed by atoms with E-state index in [1.165, 1.54) is 7.11 Å². The van der Waals surface area contributed by atoms with Gasteiger partial charge in [-0.15, -0.1) is 0 Å². The van der Waals surface area contributed by atoms with Gasteiger partial charge in [-0.05, 0) is 24.6 Å². The van der Waals surface area contributed by atoms with Gasteiger partial charge in [0.2, 0.25) is 0 Å². The fourth-order valence-electron chi connectivity index (χ4n) is 2.74. The van der Waals surface area contributed by atoms with Crippen molar-refractivity contribution in [2.75, 3.05) is 27.4 Å². The van der Waals surface area contributed by atoms with E-state index >= 15 is 0 Å². The van der Waals surface area contributed by atoms with Crippen LogP contribution in [0.3, 0.4) is 0 Å². The highest BCUT2D eigenvalue weighted by Gasteiger charge is 2.22. The Bertz CT molecular complexity index is 788. The lowest BCUT2D eigenvalue weighted by molar-refractivity contribution is -0.147. The van der Waals surface area contributed by atoms with E-state index in [4.69, 9.17) is 14.2 Å². The lowest BCUT2D eigenvalue weighted by atomic mass is 10.1. The number of methoxy groups -OCH3 is 2. The summed E-state index contributed by atoms with van der Waals surface area (Å²) in [6.07, 6.45) is 0. The van der Waals surface area contributed by atoms with Gasteiger partial charge < -0.3 is 19.1 Å². The molecule has 0 aliphatic rings. The summed E-state index contributed by atoms with van der Waals surface area (Å²) in [7, 11) is 2.89. The third-order valence-corrected chi connectivity index (χ3v) is 4.36. The highest BCUT2D eigenvalue weighted by molar-refractivity contribution is 5.79. The first kappa shape index (κ1) is 21.3. The van der Waals surface area contributed by atoms with E-state index in [9.17, 15) is 9.59 Å². The average molecular weight is 385 g/mol. The highest BCUT2D eigenvalue weighted by atomic mass is 16.5. The van der Waals surface area contributed by atoms with Crippen LogP contribution in [0.1, 0.15) is 18.1 Å². The molecule has 150 valence electrons. The largest absolute Gasteiger partial charge is 0.493 e. The normalized spacial score (nSPS) is 11.4. The molecule has 0 saturated carbocycles. The molecule has 0 aliphatic heterocycles. The Labute approximate surface area is 166 Å². The van der Waals surface area contributed by atoms with Crippen molar-refractivity contribution in [2.24, 2.45) is 5.92 Å². The Morgan fingerprint density at radius 1 is 1.00 bits per heavy atom. The molecule has 0 bridgehead atoms. The Kier molecular flexibility index (Phi) is 7.87. The van der Waals surface area contributed by atoms with Gasteiger partial charge in [-0.25, -0.2) is 0 Å². The maximum absolute atomic E-state index is 12.8. The second kappa shape index (κ2) is 10.3. The van der Waals surface area contributed by atoms with Crippen LogP contribution >= 0.6 is 0 Å². The average Bonchev–Trinajstić information content (AvgIpc) is 2.72. The lowest BCUT2D eigenvalue weighted by Crippen LogP contribution is -2.39. The van der Waals surface area contributed by atoms with Crippen molar-refractivity contribution >= 4 is 11.9 Å². The zero-order chi connectivity index (χ0) is 20.5. The van der Waals surface area contributed by atoms with Crippen LogP contribution in [0.5, 0.6) is 11.5 Å². The zero-order valence-electron chi connectivity index (χ0n) is 16.8. The zero-order valence-corrected chi connectivity index (χ0v) is 16.8. The highest BCUT2D eigenvalue weighted by Crippen LogP contribution is 2.25. The molecule has 0 fully saturated rings. The molecule has 0 heterocycles. The summed E-state index contributed by atoms with van der Waals surface area (Å²) in [5.74, 6) is 0.0400. The number of amides is 1. The molecule has 28 heavy (non-hydrogen) atoms. The van der Waals surface area contributed by atoms with Gasteiger partial charge >= 0.3 is 5.97 Å². The minimum absolute atomic E-state index is 0.153. The summed E-state index contributed by atoms with van der Waals surface area (Å²) < 4.78 is 15.7. The first-order chi connectivity index (χ1) is 13.4. The summed E-state index contributed by atoms with van der Waals surface area (Å²) in [5.41, 5.74) is 2.12. The van der Waals surface area contributed by atoms with Crippen LogP contribution in [-0.2, 0) is 20.9 Å². The number of aryl methyl sites for hydroxylation is 1. The van der Waals surface area contributed by atoms with Crippen LogP contribution < -0.4 is 9.47 Å².